The molecule has 154 valence electrons. The van der Waals surface area contributed by atoms with Crippen LogP contribution in [0, 0.1) is 0 Å². The van der Waals surface area contributed by atoms with Gasteiger partial charge >= 0.3 is 0 Å². The van der Waals surface area contributed by atoms with Crippen LogP contribution in [0.5, 0.6) is 0 Å². The summed E-state index contributed by atoms with van der Waals surface area (Å²) in [6.07, 6.45) is 3.65. The zero-order valence-corrected chi connectivity index (χ0v) is 17.1. The lowest BCUT2D eigenvalue weighted by Gasteiger charge is -2.07. The molecule has 3 aromatic rings. The van der Waals surface area contributed by atoms with Gasteiger partial charge in [0.2, 0.25) is 11.1 Å². The van der Waals surface area contributed by atoms with E-state index in [1.807, 2.05) is 30.3 Å². The van der Waals surface area contributed by atoms with Crippen LogP contribution in [0.4, 0.5) is 5.82 Å². The summed E-state index contributed by atoms with van der Waals surface area (Å²) in [5, 5.41) is 18.8. The Balaban J connectivity index is 1.41. The van der Waals surface area contributed by atoms with Gasteiger partial charge in [-0.15, -0.1) is 10.2 Å². The number of benzene rings is 1. The molecule has 0 radical (unpaired) electrons. The largest absolute Gasteiger partial charge is 0.368 e. The molecule has 10 heteroatoms. The number of aryl methyl sites for hydroxylation is 1. The molecule has 0 saturated heterocycles. The van der Waals surface area contributed by atoms with Crippen molar-refractivity contribution in [3.8, 4) is 11.4 Å². The van der Waals surface area contributed by atoms with Crippen molar-refractivity contribution < 1.29 is 4.79 Å². The first-order valence-corrected chi connectivity index (χ1v) is 10.2. The molecule has 0 aliphatic rings. The maximum atomic E-state index is 12.4. The van der Waals surface area contributed by atoms with E-state index in [1.165, 1.54) is 0 Å². The number of rotatable bonds is 11. The van der Waals surface area contributed by atoms with Crippen LogP contribution < -0.4 is 10.6 Å². The molecule has 0 saturated carbocycles. The Morgan fingerprint density at radius 1 is 1.17 bits per heavy atom. The van der Waals surface area contributed by atoms with Crippen molar-refractivity contribution in [3.05, 3.63) is 41.3 Å². The van der Waals surface area contributed by atoms with Crippen LogP contribution in [0.15, 0.2) is 30.3 Å². The molecular weight excluding hydrogens is 392 g/mol. The number of hydrogen-bond acceptors (Lipinski definition) is 6. The molecule has 0 atom stereocenters. The lowest BCUT2D eigenvalue weighted by atomic mass is 10.2. The van der Waals surface area contributed by atoms with Crippen molar-refractivity contribution >= 4 is 23.3 Å². The van der Waals surface area contributed by atoms with Gasteiger partial charge in [0.1, 0.15) is 5.69 Å². The number of halogens is 1. The van der Waals surface area contributed by atoms with Gasteiger partial charge in [-0.25, -0.2) is 4.98 Å². The van der Waals surface area contributed by atoms with E-state index in [4.69, 9.17) is 11.6 Å². The predicted molar refractivity (Wildman–Crippen MR) is 112 cm³/mol. The van der Waals surface area contributed by atoms with Crippen molar-refractivity contribution in [2.24, 2.45) is 0 Å². The SMILES string of the molecule is CCCCNc1nc(Cl)[nH]c1C(=O)NCCCCn1nnc(-c2ccccc2)n1. The average molecular weight is 417 g/mol. The van der Waals surface area contributed by atoms with E-state index < -0.39 is 0 Å². The Hall–Kier alpha value is -2.94. The van der Waals surface area contributed by atoms with E-state index in [0.29, 0.717) is 30.4 Å². The Kier molecular flexibility index (Phi) is 7.57. The molecule has 2 aromatic heterocycles. The molecule has 0 unspecified atom stereocenters. The number of imidazole rings is 1. The fraction of sp³-hybridized carbons (Fsp3) is 0.421. The Morgan fingerprint density at radius 2 is 2.00 bits per heavy atom. The van der Waals surface area contributed by atoms with Gasteiger partial charge in [0.05, 0.1) is 6.54 Å². The highest BCUT2D eigenvalue weighted by molar-refractivity contribution is 6.28. The number of aromatic amines is 1. The molecule has 1 amide bonds. The smallest absolute Gasteiger partial charge is 0.271 e. The Labute approximate surface area is 174 Å². The first kappa shape index (κ1) is 20.8. The second-order valence-corrected chi connectivity index (χ2v) is 6.93. The first-order chi connectivity index (χ1) is 14.2. The highest BCUT2D eigenvalue weighted by Crippen LogP contribution is 2.16. The minimum absolute atomic E-state index is 0.195. The fourth-order valence-electron chi connectivity index (χ4n) is 2.73. The topological polar surface area (TPSA) is 113 Å². The Morgan fingerprint density at radius 3 is 2.79 bits per heavy atom. The number of unbranched alkanes of at least 4 members (excludes halogenated alkanes) is 2. The van der Waals surface area contributed by atoms with Gasteiger partial charge in [0, 0.05) is 18.7 Å². The van der Waals surface area contributed by atoms with Gasteiger partial charge in [0.15, 0.2) is 5.82 Å². The van der Waals surface area contributed by atoms with Gasteiger partial charge in [-0.1, -0.05) is 43.7 Å². The maximum absolute atomic E-state index is 12.4. The van der Waals surface area contributed by atoms with Gasteiger partial charge in [-0.05, 0) is 36.1 Å². The summed E-state index contributed by atoms with van der Waals surface area (Å²) in [5.41, 5.74) is 1.30. The van der Waals surface area contributed by atoms with Crippen LogP contribution in [-0.2, 0) is 6.54 Å². The van der Waals surface area contributed by atoms with Crippen LogP contribution in [-0.4, -0.2) is 49.2 Å². The average Bonchev–Trinajstić information content (AvgIpc) is 3.35. The molecule has 1 aromatic carbocycles. The summed E-state index contributed by atoms with van der Waals surface area (Å²) < 4.78 is 0. The zero-order chi connectivity index (χ0) is 20.5. The molecular formula is C19H25ClN8O. The van der Waals surface area contributed by atoms with Crippen molar-refractivity contribution in [2.75, 3.05) is 18.4 Å². The number of tetrazole rings is 1. The first-order valence-electron chi connectivity index (χ1n) is 9.78. The molecule has 0 bridgehead atoms. The molecule has 29 heavy (non-hydrogen) atoms. The summed E-state index contributed by atoms with van der Waals surface area (Å²) in [5.74, 6) is 0.868. The molecule has 9 nitrogen and oxygen atoms in total. The maximum Gasteiger partial charge on any atom is 0.271 e. The van der Waals surface area contributed by atoms with Crippen LogP contribution in [0.25, 0.3) is 11.4 Å². The van der Waals surface area contributed by atoms with E-state index in [-0.39, 0.29) is 11.2 Å². The van der Waals surface area contributed by atoms with E-state index in [0.717, 1.165) is 37.8 Å². The summed E-state index contributed by atoms with van der Waals surface area (Å²) >= 11 is 5.91. The highest BCUT2D eigenvalue weighted by atomic mass is 35.5. The molecule has 0 fully saturated rings. The third kappa shape index (κ3) is 6.02. The fourth-order valence-corrected chi connectivity index (χ4v) is 2.91. The summed E-state index contributed by atoms with van der Waals surface area (Å²) in [6.45, 7) is 4.01. The summed E-state index contributed by atoms with van der Waals surface area (Å²) in [4.78, 5) is 20.9. The molecule has 2 heterocycles. The number of carbonyl (C=O) groups excluding carboxylic acids is 1. The minimum Gasteiger partial charge on any atom is -0.368 e. The van der Waals surface area contributed by atoms with Crippen molar-refractivity contribution in [1.82, 2.24) is 35.5 Å². The second-order valence-electron chi connectivity index (χ2n) is 6.57. The summed E-state index contributed by atoms with van der Waals surface area (Å²) in [6, 6.07) is 9.73. The number of aromatic nitrogens is 6. The van der Waals surface area contributed by atoms with Gasteiger partial charge in [0.25, 0.3) is 5.91 Å². The van der Waals surface area contributed by atoms with E-state index >= 15 is 0 Å². The van der Waals surface area contributed by atoms with Crippen molar-refractivity contribution in [1.29, 1.82) is 0 Å². The molecule has 3 rings (SSSR count). The third-order valence-corrected chi connectivity index (χ3v) is 4.46. The van der Waals surface area contributed by atoms with Gasteiger partial charge in [-0.3, -0.25) is 4.79 Å². The number of H-pyrrole nitrogens is 1. The van der Waals surface area contributed by atoms with Crippen LogP contribution >= 0.6 is 11.6 Å². The monoisotopic (exact) mass is 416 g/mol. The van der Waals surface area contributed by atoms with Crippen molar-refractivity contribution in [2.45, 2.75) is 39.2 Å². The number of anilines is 1. The molecule has 0 spiro atoms. The minimum atomic E-state index is -0.228. The van der Waals surface area contributed by atoms with E-state index in [2.05, 4.69) is 42.9 Å². The van der Waals surface area contributed by atoms with Gasteiger partial charge in [-0.2, -0.15) is 4.80 Å². The quantitative estimate of drug-likeness (QED) is 0.414. The van der Waals surface area contributed by atoms with Crippen molar-refractivity contribution in [3.63, 3.8) is 0 Å². The van der Waals surface area contributed by atoms with E-state index in [9.17, 15) is 4.79 Å². The van der Waals surface area contributed by atoms with Crippen LogP contribution in [0.2, 0.25) is 5.28 Å². The molecule has 0 aliphatic carbocycles. The third-order valence-electron chi connectivity index (χ3n) is 4.28. The number of amides is 1. The predicted octanol–water partition coefficient (Wildman–Crippen LogP) is 3.14. The lowest BCUT2D eigenvalue weighted by Crippen LogP contribution is -2.26. The standard InChI is InChI=1S/C19H25ClN8O/c1-2-3-11-21-17-15(23-19(20)24-17)18(29)22-12-7-8-13-28-26-16(25-27-28)14-9-5-4-6-10-14/h4-6,9-10,21H,2-3,7-8,11-13H2,1H3,(H,22,29)(H,23,24). The lowest BCUT2D eigenvalue weighted by molar-refractivity contribution is 0.0949. The van der Waals surface area contributed by atoms with Crippen LogP contribution in [0.3, 0.4) is 0 Å². The van der Waals surface area contributed by atoms with Gasteiger partial charge < -0.3 is 15.6 Å². The molecule has 3 N–H and O–H groups in total. The normalized spacial score (nSPS) is 10.8. The highest BCUT2D eigenvalue weighted by Gasteiger charge is 2.16. The number of nitrogens with zero attached hydrogens (tertiary/aromatic N) is 5. The molecule has 0 aliphatic heterocycles. The zero-order valence-electron chi connectivity index (χ0n) is 16.4. The Bertz CT molecular complexity index is 908. The second kappa shape index (κ2) is 10.6. The van der Waals surface area contributed by atoms with Crippen LogP contribution in [0.1, 0.15) is 43.1 Å². The number of nitrogens with one attached hydrogen (secondary N) is 3. The summed E-state index contributed by atoms with van der Waals surface area (Å²) in [7, 11) is 0. The number of hydrogen-bond donors (Lipinski definition) is 3. The van der Waals surface area contributed by atoms with E-state index in [1.54, 1.807) is 4.80 Å². The number of carbonyl (C=O) groups is 1.